The summed E-state index contributed by atoms with van der Waals surface area (Å²) in [6.07, 6.45) is 7.10. The molecule has 1 aromatic carbocycles. The SMILES string of the molecule is Cc1nnccc1C(=O)NCc1cc2cc(C3=CCN(C(=O)OC(C)(C)C)CC3)cc(Cn3cnc4c(N)ncnc43)c2[nH]1. The maximum atomic E-state index is 12.8. The molecule has 4 N–H and O–H groups in total. The topological polar surface area (TPSA) is 170 Å². The number of nitrogens with zero attached hydrogens (tertiary/aromatic N) is 7. The number of carbonyl (C=O) groups is 2. The van der Waals surface area contributed by atoms with Crippen molar-refractivity contribution < 1.29 is 14.3 Å². The fraction of sp³-hybridized carbons (Fsp3) is 0.323. The summed E-state index contributed by atoms with van der Waals surface area (Å²) < 4.78 is 7.50. The number of aromatic nitrogens is 7. The average molecular weight is 595 g/mol. The number of anilines is 1. The van der Waals surface area contributed by atoms with Crippen molar-refractivity contribution in [2.24, 2.45) is 0 Å². The van der Waals surface area contributed by atoms with Crippen LogP contribution in [0.3, 0.4) is 0 Å². The highest BCUT2D eigenvalue weighted by atomic mass is 16.6. The van der Waals surface area contributed by atoms with Gasteiger partial charge in [0.25, 0.3) is 5.91 Å². The number of nitrogen functional groups attached to an aromatic ring is 1. The fourth-order valence-electron chi connectivity index (χ4n) is 5.32. The first-order chi connectivity index (χ1) is 21.1. The molecule has 0 saturated carbocycles. The zero-order valence-electron chi connectivity index (χ0n) is 25.1. The smallest absolute Gasteiger partial charge is 0.410 e. The molecule has 5 aromatic rings. The average Bonchev–Trinajstić information content (AvgIpc) is 3.60. The van der Waals surface area contributed by atoms with Gasteiger partial charge in [0, 0.05) is 24.2 Å². The van der Waals surface area contributed by atoms with Gasteiger partial charge >= 0.3 is 6.09 Å². The number of nitrogens with two attached hydrogens (primary N) is 1. The minimum atomic E-state index is -0.548. The van der Waals surface area contributed by atoms with Gasteiger partial charge in [-0.3, -0.25) is 4.79 Å². The molecule has 1 aliphatic rings. The van der Waals surface area contributed by atoms with Gasteiger partial charge in [0.1, 0.15) is 17.4 Å². The molecule has 13 nitrogen and oxygen atoms in total. The molecule has 44 heavy (non-hydrogen) atoms. The Morgan fingerprint density at radius 1 is 1.16 bits per heavy atom. The second kappa shape index (κ2) is 11.4. The van der Waals surface area contributed by atoms with E-state index in [1.165, 1.54) is 12.5 Å². The normalized spacial score (nSPS) is 13.7. The monoisotopic (exact) mass is 594 g/mol. The fourth-order valence-corrected chi connectivity index (χ4v) is 5.32. The van der Waals surface area contributed by atoms with E-state index in [0.29, 0.717) is 60.8 Å². The van der Waals surface area contributed by atoms with Crippen molar-refractivity contribution >= 4 is 45.5 Å². The third-order valence-corrected chi connectivity index (χ3v) is 7.46. The van der Waals surface area contributed by atoms with Crippen molar-refractivity contribution in [3.63, 3.8) is 0 Å². The quantitative estimate of drug-likeness (QED) is 0.263. The van der Waals surface area contributed by atoms with Crippen molar-refractivity contribution in [2.45, 2.75) is 52.8 Å². The number of benzene rings is 1. The largest absolute Gasteiger partial charge is 0.444 e. The number of nitrogens with one attached hydrogen (secondary N) is 2. The summed E-state index contributed by atoms with van der Waals surface area (Å²) in [5.74, 6) is 0.105. The molecule has 5 heterocycles. The van der Waals surface area contributed by atoms with Gasteiger partial charge in [0.2, 0.25) is 0 Å². The number of aryl methyl sites for hydroxylation is 1. The van der Waals surface area contributed by atoms with Crippen LogP contribution >= 0.6 is 0 Å². The van der Waals surface area contributed by atoms with Crippen LogP contribution in [-0.4, -0.2) is 70.3 Å². The highest BCUT2D eigenvalue weighted by molar-refractivity contribution is 5.95. The molecule has 0 unspecified atom stereocenters. The lowest BCUT2D eigenvalue weighted by Gasteiger charge is -2.29. The zero-order chi connectivity index (χ0) is 31.0. The van der Waals surface area contributed by atoms with Crippen LogP contribution in [0.2, 0.25) is 0 Å². The van der Waals surface area contributed by atoms with Crippen molar-refractivity contribution in [3.05, 3.63) is 77.3 Å². The van der Waals surface area contributed by atoms with Crippen LogP contribution in [0.4, 0.5) is 10.6 Å². The Hall–Kier alpha value is -5.33. The third kappa shape index (κ3) is 5.93. The first-order valence-electron chi connectivity index (χ1n) is 14.4. The van der Waals surface area contributed by atoms with Gasteiger partial charge in [-0.1, -0.05) is 6.08 Å². The van der Waals surface area contributed by atoms with Crippen LogP contribution in [-0.2, 0) is 17.8 Å². The van der Waals surface area contributed by atoms with Gasteiger partial charge in [-0.25, -0.2) is 19.7 Å². The van der Waals surface area contributed by atoms with Gasteiger partial charge in [0.15, 0.2) is 11.5 Å². The van der Waals surface area contributed by atoms with Crippen LogP contribution in [0.25, 0.3) is 27.6 Å². The number of imidazole rings is 1. The predicted octanol–water partition coefficient (Wildman–Crippen LogP) is 3.99. The molecule has 0 aliphatic carbocycles. The predicted molar refractivity (Wildman–Crippen MR) is 165 cm³/mol. The van der Waals surface area contributed by atoms with Crippen LogP contribution in [0.1, 0.15) is 60.1 Å². The number of amides is 2. The minimum Gasteiger partial charge on any atom is -0.444 e. The van der Waals surface area contributed by atoms with E-state index in [4.69, 9.17) is 10.5 Å². The Kier molecular flexibility index (Phi) is 7.45. The number of H-pyrrole nitrogens is 1. The summed E-state index contributed by atoms with van der Waals surface area (Å²) in [4.78, 5) is 43.6. The summed E-state index contributed by atoms with van der Waals surface area (Å²) in [6, 6.07) is 7.99. The number of aromatic amines is 1. The van der Waals surface area contributed by atoms with E-state index < -0.39 is 5.60 Å². The van der Waals surface area contributed by atoms with E-state index >= 15 is 0 Å². The number of hydrogen-bond donors (Lipinski definition) is 3. The molecule has 4 aromatic heterocycles. The molecule has 226 valence electrons. The first-order valence-corrected chi connectivity index (χ1v) is 14.4. The number of fused-ring (bicyclic) bond motifs is 2. The molecular formula is C31H34N10O3. The van der Waals surface area contributed by atoms with E-state index in [1.807, 2.05) is 31.4 Å². The number of carbonyl (C=O) groups excluding carboxylic acids is 2. The highest BCUT2D eigenvalue weighted by Crippen LogP contribution is 2.31. The zero-order valence-corrected chi connectivity index (χ0v) is 25.1. The summed E-state index contributed by atoms with van der Waals surface area (Å²) in [5, 5.41) is 11.8. The summed E-state index contributed by atoms with van der Waals surface area (Å²) >= 11 is 0. The Morgan fingerprint density at radius 2 is 2.00 bits per heavy atom. The van der Waals surface area contributed by atoms with Crippen LogP contribution in [0.15, 0.2) is 49.2 Å². The molecule has 0 saturated heterocycles. The molecule has 6 rings (SSSR count). The Bertz CT molecular complexity index is 1920. The van der Waals surface area contributed by atoms with Crippen molar-refractivity contribution in [2.75, 3.05) is 18.8 Å². The molecule has 2 amide bonds. The summed E-state index contributed by atoms with van der Waals surface area (Å²) in [6.45, 7) is 9.15. The number of rotatable bonds is 6. The molecule has 0 fully saturated rings. The maximum Gasteiger partial charge on any atom is 0.410 e. The molecule has 13 heteroatoms. The molecule has 1 aliphatic heterocycles. The first kappa shape index (κ1) is 28.8. The standard InChI is InChI=1S/C31H34N10O3/c1-18-24(5-8-37-39-18)29(42)33-14-23-13-21-11-20(19-6-9-40(10-7-19)30(43)44-31(2,3)4)12-22(25(21)38-23)15-41-17-36-26-27(32)34-16-35-28(26)41/h5-6,8,11-13,16-17,38H,7,9-10,14-15H2,1-4H3,(H,33,42)(H2,32,34,35). The van der Waals surface area contributed by atoms with E-state index in [2.05, 4.69) is 53.7 Å². The molecule has 0 atom stereocenters. The second-order valence-electron chi connectivity index (χ2n) is 11.8. The van der Waals surface area contributed by atoms with Crippen molar-refractivity contribution in [1.82, 2.24) is 44.9 Å². The molecule has 0 bridgehead atoms. The van der Waals surface area contributed by atoms with Gasteiger partial charge < -0.3 is 30.2 Å². The van der Waals surface area contributed by atoms with Crippen molar-refractivity contribution in [1.29, 1.82) is 0 Å². The lowest BCUT2D eigenvalue weighted by Crippen LogP contribution is -2.39. The van der Waals surface area contributed by atoms with E-state index in [-0.39, 0.29) is 12.0 Å². The third-order valence-electron chi connectivity index (χ3n) is 7.46. The van der Waals surface area contributed by atoms with Gasteiger partial charge in [-0.2, -0.15) is 10.2 Å². The van der Waals surface area contributed by atoms with Gasteiger partial charge in [-0.05, 0) is 75.1 Å². The maximum absolute atomic E-state index is 12.8. The Labute approximate surface area is 253 Å². The Balaban J connectivity index is 1.32. The van der Waals surface area contributed by atoms with Crippen LogP contribution in [0, 0.1) is 6.92 Å². The molecule has 0 radical (unpaired) electrons. The number of ether oxygens (including phenoxy) is 1. The summed E-state index contributed by atoms with van der Waals surface area (Å²) in [7, 11) is 0. The molecular weight excluding hydrogens is 560 g/mol. The van der Waals surface area contributed by atoms with Gasteiger partial charge in [-0.15, -0.1) is 0 Å². The lowest BCUT2D eigenvalue weighted by atomic mass is 9.96. The number of hydrogen-bond acceptors (Lipinski definition) is 9. The lowest BCUT2D eigenvalue weighted by molar-refractivity contribution is 0.0270. The Morgan fingerprint density at radius 3 is 2.75 bits per heavy atom. The summed E-state index contributed by atoms with van der Waals surface area (Å²) in [5.41, 5.74) is 12.7. The van der Waals surface area contributed by atoms with Crippen LogP contribution < -0.4 is 11.1 Å². The van der Waals surface area contributed by atoms with Crippen molar-refractivity contribution in [3.8, 4) is 0 Å². The van der Waals surface area contributed by atoms with Crippen LogP contribution in [0.5, 0.6) is 0 Å². The highest BCUT2D eigenvalue weighted by Gasteiger charge is 2.24. The minimum absolute atomic E-state index is 0.221. The van der Waals surface area contributed by atoms with Gasteiger partial charge in [0.05, 0.1) is 42.4 Å². The van der Waals surface area contributed by atoms with E-state index in [0.717, 1.165) is 33.3 Å². The molecule has 0 spiro atoms. The van der Waals surface area contributed by atoms with E-state index in [9.17, 15) is 9.59 Å². The van der Waals surface area contributed by atoms with E-state index in [1.54, 1.807) is 24.2 Å². The second-order valence-corrected chi connectivity index (χ2v) is 11.8.